The summed E-state index contributed by atoms with van der Waals surface area (Å²) in [6, 6.07) is 0.199. The molecule has 1 fully saturated rings. The molecule has 0 aromatic rings. The highest BCUT2D eigenvalue weighted by atomic mass is 16.2. The lowest BCUT2D eigenvalue weighted by Crippen LogP contribution is -2.58. The summed E-state index contributed by atoms with van der Waals surface area (Å²) in [5, 5.41) is 2.98. The molecule has 0 saturated heterocycles. The van der Waals surface area contributed by atoms with Crippen LogP contribution in [0, 0.1) is 5.92 Å². The van der Waals surface area contributed by atoms with E-state index in [0.29, 0.717) is 19.0 Å². The molecule has 0 radical (unpaired) electrons. The maximum Gasteiger partial charge on any atom is 0.234 e. The van der Waals surface area contributed by atoms with E-state index in [9.17, 15) is 4.79 Å². The number of carbonyl (C=O) groups excluding carboxylic acids is 1. The lowest BCUT2D eigenvalue weighted by atomic mass is 9.75. The Balaban J connectivity index is 2.72. The predicted molar refractivity (Wildman–Crippen MR) is 79.9 cm³/mol. The number of amides is 1. The van der Waals surface area contributed by atoms with E-state index in [0.717, 1.165) is 19.4 Å². The van der Waals surface area contributed by atoms with Gasteiger partial charge in [-0.1, -0.05) is 26.7 Å². The van der Waals surface area contributed by atoms with Crippen molar-refractivity contribution in [2.24, 2.45) is 11.7 Å². The van der Waals surface area contributed by atoms with Crippen LogP contribution in [0.4, 0.5) is 0 Å². The monoisotopic (exact) mass is 269 g/mol. The van der Waals surface area contributed by atoms with Crippen molar-refractivity contribution in [3.8, 4) is 0 Å². The van der Waals surface area contributed by atoms with E-state index in [1.807, 2.05) is 13.8 Å². The molecule has 0 heterocycles. The van der Waals surface area contributed by atoms with Gasteiger partial charge in [0.15, 0.2) is 0 Å². The standard InChI is InChI=1S/C15H31N3O/c1-5-18(10-14(19)17-12(2)3)15(11-16)8-6-7-13(4)9-15/h12-13H,5-11,16H2,1-4H3,(H,17,19). The first-order valence-electron chi connectivity index (χ1n) is 7.68. The van der Waals surface area contributed by atoms with Crippen LogP contribution in [0.15, 0.2) is 0 Å². The van der Waals surface area contributed by atoms with Crippen molar-refractivity contribution < 1.29 is 4.79 Å². The molecule has 0 spiro atoms. The van der Waals surface area contributed by atoms with Crippen LogP contribution in [0.2, 0.25) is 0 Å². The molecule has 19 heavy (non-hydrogen) atoms. The minimum atomic E-state index is 0.0285. The molecule has 0 aromatic carbocycles. The van der Waals surface area contributed by atoms with Crippen LogP contribution in [0.5, 0.6) is 0 Å². The SMILES string of the molecule is CCN(CC(=O)NC(C)C)C1(CN)CCCC(C)C1. The molecule has 4 nitrogen and oxygen atoms in total. The highest BCUT2D eigenvalue weighted by Gasteiger charge is 2.39. The molecular weight excluding hydrogens is 238 g/mol. The van der Waals surface area contributed by atoms with Crippen LogP contribution < -0.4 is 11.1 Å². The van der Waals surface area contributed by atoms with Gasteiger partial charge in [0.05, 0.1) is 6.54 Å². The zero-order valence-corrected chi connectivity index (χ0v) is 13.0. The van der Waals surface area contributed by atoms with Gasteiger partial charge in [-0.05, 0) is 39.2 Å². The van der Waals surface area contributed by atoms with Crippen LogP contribution in [0.1, 0.15) is 53.4 Å². The first kappa shape index (κ1) is 16.4. The molecule has 1 saturated carbocycles. The molecule has 112 valence electrons. The summed E-state index contributed by atoms with van der Waals surface area (Å²) in [4.78, 5) is 14.3. The second-order valence-electron chi connectivity index (χ2n) is 6.37. The smallest absolute Gasteiger partial charge is 0.234 e. The third kappa shape index (κ3) is 4.46. The summed E-state index contributed by atoms with van der Waals surface area (Å²) in [5.74, 6) is 0.822. The van der Waals surface area contributed by atoms with Gasteiger partial charge >= 0.3 is 0 Å². The average Bonchev–Trinajstić information content (AvgIpc) is 2.34. The summed E-state index contributed by atoms with van der Waals surface area (Å²) in [5.41, 5.74) is 6.11. The fourth-order valence-corrected chi connectivity index (χ4v) is 3.39. The maximum absolute atomic E-state index is 12.0. The van der Waals surface area contributed by atoms with Gasteiger partial charge in [0.2, 0.25) is 5.91 Å². The van der Waals surface area contributed by atoms with E-state index in [1.54, 1.807) is 0 Å². The third-order valence-corrected chi connectivity index (χ3v) is 4.28. The maximum atomic E-state index is 12.0. The Kier molecular flexibility index (Phi) is 6.27. The topological polar surface area (TPSA) is 58.4 Å². The van der Waals surface area contributed by atoms with Gasteiger partial charge in [-0.15, -0.1) is 0 Å². The fourth-order valence-electron chi connectivity index (χ4n) is 3.39. The van der Waals surface area contributed by atoms with Gasteiger partial charge in [-0.25, -0.2) is 0 Å². The van der Waals surface area contributed by atoms with E-state index < -0.39 is 0 Å². The molecule has 0 aromatic heterocycles. The third-order valence-electron chi connectivity index (χ3n) is 4.28. The Labute approximate surface area is 118 Å². The summed E-state index contributed by atoms with van der Waals surface area (Å²) >= 11 is 0. The molecule has 1 amide bonds. The number of nitrogens with two attached hydrogens (primary N) is 1. The second-order valence-corrected chi connectivity index (χ2v) is 6.37. The van der Waals surface area contributed by atoms with Gasteiger partial charge in [0.1, 0.15) is 0 Å². The van der Waals surface area contributed by atoms with Gasteiger partial charge in [-0.3, -0.25) is 9.69 Å². The van der Waals surface area contributed by atoms with Gasteiger partial charge in [-0.2, -0.15) is 0 Å². The first-order chi connectivity index (χ1) is 8.93. The van der Waals surface area contributed by atoms with Gasteiger partial charge in [0.25, 0.3) is 0 Å². The van der Waals surface area contributed by atoms with Crippen LogP contribution in [-0.2, 0) is 4.79 Å². The van der Waals surface area contributed by atoms with E-state index >= 15 is 0 Å². The minimum Gasteiger partial charge on any atom is -0.353 e. The van der Waals surface area contributed by atoms with Crippen LogP contribution in [0.3, 0.4) is 0 Å². The van der Waals surface area contributed by atoms with Crippen LogP contribution >= 0.6 is 0 Å². The Hall–Kier alpha value is -0.610. The molecule has 1 aliphatic carbocycles. The molecule has 0 aliphatic heterocycles. The lowest BCUT2D eigenvalue weighted by Gasteiger charge is -2.47. The number of likely N-dealkylation sites (N-methyl/N-ethyl adjacent to an activating group) is 1. The van der Waals surface area contributed by atoms with E-state index in [2.05, 4.69) is 24.1 Å². The van der Waals surface area contributed by atoms with Crippen LogP contribution in [-0.4, -0.2) is 42.0 Å². The molecule has 0 bridgehead atoms. The highest BCUT2D eigenvalue weighted by molar-refractivity contribution is 5.78. The predicted octanol–water partition coefficient (Wildman–Crippen LogP) is 1.74. The highest BCUT2D eigenvalue weighted by Crippen LogP contribution is 2.36. The summed E-state index contributed by atoms with van der Waals surface area (Å²) in [6.45, 7) is 10.4. The van der Waals surface area contributed by atoms with Crippen molar-refractivity contribution in [1.82, 2.24) is 10.2 Å². The second kappa shape index (κ2) is 7.25. The quantitative estimate of drug-likeness (QED) is 0.772. The van der Waals surface area contributed by atoms with Crippen molar-refractivity contribution in [1.29, 1.82) is 0 Å². The normalized spacial score (nSPS) is 27.8. The van der Waals surface area contributed by atoms with Crippen molar-refractivity contribution >= 4 is 5.91 Å². The van der Waals surface area contributed by atoms with Crippen molar-refractivity contribution in [3.63, 3.8) is 0 Å². The number of hydrogen-bond acceptors (Lipinski definition) is 3. The number of nitrogens with zero attached hydrogens (tertiary/aromatic N) is 1. The lowest BCUT2D eigenvalue weighted by molar-refractivity contribution is -0.125. The molecule has 1 aliphatic rings. The van der Waals surface area contributed by atoms with Crippen molar-refractivity contribution in [2.75, 3.05) is 19.6 Å². The summed E-state index contributed by atoms with van der Waals surface area (Å²) in [7, 11) is 0. The molecule has 2 unspecified atom stereocenters. The van der Waals surface area contributed by atoms with E-state index in [-0.39, 0.29) is 17.5 Å². The first-order valence-corrected chi connectivity index (χ1v) is 7.68. The number of nitrogens with one attached hydrogen (secondary N) is 1. The molecular formula is C15H31N3O. The fraction of sp³-hybridized carbons (Fsp3) is 0.933. The summed E-state index contributed by atoms with van der Waals surface area (Å²) in [6.07, 6.45) is 4.75. The Bertz CT molecular complexity index is 293. The Morgan fingerprint density at radius 2 is 2.21 bits per heavy atom. The summed E-state index contributed by atoms with van der Waals surface area (Å²) < 4.78 is 0. The number of rotatable bonds is 6. The molecule has 3 N–H and O–H groups in total. The Morgan fingerprint density at radius 1 is 1.53 bits per heavy atom. The number of carbonyl (C=O) groups is 1. The average molecular weight is 269 g/mol. The van der Waals surface area contributed by atoms with Crippen LogP contribution in [0.25, 0.3) is 0 Å². The van der Waals surface area contributed by atoms with E-state index in [1.165, 1.54) is 12.8 Å². The van der Waals surface area contributed by atoms with Gasteiger partial charge < -0.3 is 11.1 Å². The largest absolute Gasteiger partial charge is 0.353 e. The number of hydrogen-bond donors (Lipinski definition) is 2. The van der Waals surface area contributed by atoms with Crippen molar-refractivity contribution in [2.45, 2.75) is 65.0 Å². The van der Waals surface area contributed by atoms with E-state index in [4.69, 9.17) is 5.73 Å². The molecule has 1 rings (SSSR count). The molecule has 2 atom stereocenters. The minimum absolute atomic E-state index is 0.0285. The molecule has 4 heteroatoms. The zero-order chi connectivity index (χ0) is 14.5. The Morgan fingerprint density at radius 3 is 2.68 bits per heavy atom. The zero-order valence-electron chi connectivity index (χ0n) is 13.0. The van der Waals surface area contributed by atoms with Crippen molar-refractivity contribution in [3.05, 3.63) is 0 Å². The van der Waals surface area contributed by atoms with Gasteiger partial charge in [0, 0.05) is 18.1 Å².